The fourth-order valence-electron chi connectivity index (χ4n) is 4.65. The van der Waals surface area contributed by atoms with Crippen molar-refractivity contribution in [1.82, 2.24) is 9.80 Å². The smallest absolute Gasteiger partial charge is 0.228 e. The fraction of sp³-hybridized carbons (Fsp3) is 0.286. The lowest BCUT2D eigenvalue weighted by atomic mass is 9.87. The second kappa shape index (κ2) is 10.3. The molecule has 33 heavy (non-hydrogen) atoms. The molecule has 0 aliphatic carbocycles. The number of rotatable bonds is 7. The number of hydrogen-bond acceptors (Lipinski definition) is 3. The van der Waals surface area contributed by atoms with Gasteiger partial charge in [0.1, 0.15) is 5.75 Å². The maximum absolute atomic E-state index is 13.6. The van der Waals surface area contributed by atoms with E-state index in [1.807, 2.05) is 96.9 Å². The van der Waals surface area contributed by atoms with Crippen molar-refractivity contribution in [3.63, 3.8) is 0 Å². The molecular formula is C28H30N2O3. The molecule has 0 N–H and O–H groups in total. The average molecular weight is 443 g/mol. The number of para-hydroxylation sites is 1. The summed E-state index contributed by atoms with van der Waals surface area (Å²) >= 11 is 0. The molecule has 0 saturated carbocycles. The molecule has 4 rings (SSSR count). The van der Waals surface area contributed by atoms with Gasteiger partial charge >= 0.3 is 0 Å². The van der Waals surface area contributed by atoms with Crippen LogP contribution in [0.15, 0.2) is 84.9 Å². The first-order valence-electron chi connectivity index (χ1n) is 11.3. The molecule has 0 radical (unpaired) electrons. The molecular weight excluding hydrogens is 412 g/mol. The summed E-state index contributed by atoms with van der Waals surface area (Å²) < 4.78 is 5.60. The zero-order chi connectivity index (χ0) is 23.2. The third-order valence-electron chi connectivity index (χ3n) is 6.37. The summed E-state index contributed by atoms with van der Waals surface area (Å²) in [5.74, 6) is 0.400. The van der Waals surface area contributed by atoms with Gasteiger partial charge in [0.2, 0.25) is 11.8 Å². The van der Waals surface area contributed by atoms with Crippen LogP contribution < -0.4 is 4.74 Å². The fourth-order valence-corrected chi connectivity index (χ4v) is 4.65. The van der Waals surface area contributed by atoms with Gasteiger partial charge in [-0.3, -0.25) is 9.59 Å². The Kier molecular flexibility index (Phi) is 7.08. The number of benzene rings is 3. The van der Waals surface area contributed by atoms with Gasteiger partial charge in [-0.15, -0.1) is 0 Å². The molecule has 3 aromatic carbocycles. The van der Waals surface area contributed by atoms with E-state index in [9.17, 15) is 9.59 Å². The lowest BCUT2D eigenvalue weighted by Gasteiger charge is -2.25. The van der Waals surface area contributed by atoms with Crippen molar-refractivity contribution in [3.05, 3.63) is 102 Å². The highest BCUT2D eigenvalue weighted by Gasteiger charge is 2.42. The van der Waals surface area contributed by atoms with Gasteiger partial charge in [0.25, 0.3) is 0 Å². The van der Waals surface area contributed by atoms with E-state index in [0.717, 1.165) is 22.4 Å². The maximum Gasteiger partial charge on any atom is 0.228 e. The van der Waals surface area contributed by atoms with E-state index in [4.69, 9.17) is 4.74 Å². The molecule has 1 saturated heterocycles. The monoisotopic (exact) mass is 442 g/mol. The number of hydrogen-bond donors (Lipinski definition) is 0. The quantitative estimate of drug-likeness (QED) is 0.553. The minimum absolute atomic E-state index is 0.0436. The Morgan fingerprint density at radius 3 is 2.15 bits per heavy atom. The van der Waals surface area contributed by atoms with E-state index in [2.05, 4.69) is 0 Å². The predicted molar refractivity (Wildman–Crippen MR) is 129 cm³/mol. The second-order valence-electron chi connectivity index (χ2n) is 8.60. The summed E-state index contributed by atoms with van der Waals surface area (Å²) in [7, 11) is 3.48. The lowest BCUT2D eigenvalue weighted by Crippen LogP contribution is -2.37. The molecule has 1 aliphatic heterocycles. The molecule has 0 bridgehead atoms. The first-order chi connectivity index (χ1) is 16.1. The van der Waals surface area contributed by atoms with Crippen molar-refractivity contribution in [3.8, 4) is 5.75 Å². The molecule has 3 aromatic rings. The highest BCUT2D eigenvalue weighted by Crippen LogP contribution is 2.38. The number of nitrogens with zero attached hydrogens (tertiary/aromatic N) is 2. The molecule has 2 amide bonds. The van der Waals surface area contributed by atoms with Gasteiger partial charge in [0.05, 0.1) is 19.4 Å². The summed E-state index contributed by atoms with van der Waals surface area (Å²) in [6, 6.07) is 27.5. The standard InChI is InChI=1S/C28H30N2O3/c1-29(18-22-13-7-4-8-14-22)28(32)25-20-30(27(31)17-21-11-5-3-6-12-21)19-24(25)23-15-9-10-16-26(23)33-2/h3-16,24-25H,17-20H2,1-2H3. The molecule has 1 heterocycles. The number of ether oxygens (including phenoxy) is 1. The second-order valence-corrected chi connectivity index (χ2v) is 8.60. The van der Waals surface area contributed by atoms with Crippen LogP contribution in [0.1, 0.15) is 22.6 Å². The number of carbonyl (C=O) groups is 2. The minimum Gasteiger partial charge on any atom is -0.496 e. The van der Waals surface area contributed by atoms with Crippen LogP contribution in [0.4, 0.5) is 0 Å². The van der Waals surface area contributed by atoms with E-state index in [1.165, 1.54) is 0 Å². The van der Waals surface area contributed by atoms with E-state index in [1.54, 1.807) is 12.0 Å². The van der Waals surface area contributed by atoms with Crippen LogP contribution >= 0.6 is 0 Å². The van der Waals surface area contributed by atoms with Crippen molar-refractivity contribution < 1.29 is 14.3 Å². The van der Waals surface area contributed by atoms with Gasteiger partial charge in [0, 0.05) is 32.6 Å². The molecule has 1 fully saturated rings. The topological polar surface area (TPSA) is 49.9 Å². The highest BCUT2D eigenvalue weighted by molar-refractivity contribution is 5.84. The van der Waals surface area contributed by atoms with Crippen LogP contribution in [-0.2, 0) is 22.6 Å². The van der Waals surface area contributed by atoms with Gasteiger partial charge in [0.15, 0.2) is 0 Å². The Bertz CT molecular complexity index is 1080. The number of likely N-dealkylation sites (tertiary alicyclic amines) is 1. The van der Waals surface area contributed by atoms with Gasteiger partial charge in [-0.05, 0) is 22.8 Å². The maximum atomic E-state index is 13.6. The zero-order valence-electron chi connectivity index (χ0n) is 19.2. The van der Waals surface area contributed by atoms with Gasteiger partial charge in [-0.25, -0.2) is 0 Å². The molecule has 2 atom stereocenters. The van der Waals surface area contributed by atoms with Crippen molar-refractivity contribution in [1.29, 1.82) is 0 Å². The Hall–Kier alpha value is -3.60. The third-order valence-corrected chi connectivity index (χ3v) is 6.37. The number of amides is 2. The Labute approximate surface area is 195 Å². The Morgan fingerprint density at radius 2 is 1.48 bits per heavy atom. The molecule has 5 heteroatoms. The molecule has 1 aliphatic rings. The van der Waals surface area contributed by atoms with Crippen LogP contribution in [0.25, 0.3) is 0 Å². The Balaban J connectivity index is 1.57. The van der Waals surface area contributed by atoms with Crippen LogP contribution in [0.2, 0.25) is 0 Å². The summed E-state index contributed by atoms with van der Waals surface area (Å²) in [6.07, 6.45) is 0.334. The predicted octanol–water partition coefficient (Wildman–Crippen LogP) is 4.14. The summed E-state index contributed by atoms with van der Waals surface area (Å²) in [4.78, 5) is 30.4. The van der Waals surface area contributed by atoms with Gasteiger partial charge in [-0.2, -0.15) is 0 Å². The van der Waals surface area contributed by atoms with Crippen molar-refractivity contribution in [2.24, 2.45) is 5.92 Å². The van der Waals surface area contributed by atoms with Crippen LogP contribution in [0, 0.1) is 5.92 Å². The summed E-state index contributed by atoms with van der Waals surface area (Å²) in [5, 5.41) is 0. The minimum atomic E-state index is -0.324. The number of methoxy groups -OCH3 is 1. The first kappa shape index (κ1) is 22.6. The van der Waals surface area contributed by atoms with Gasteiger partial charge < -0.3 is 14.5 Å². The highest BCUT2D eigenvalue weighted by atomic mass is 16.5. The Morgan fingerprint density at radius 1 is 0.879 bits per heavy atom. The largest absolute Gasteiger partial charge is 0.496 e. The van der Waals surface area contributed by atoms with E-state index >= 15 is 0 Å². The summed E-state index contributed by atoms with van der Waals surface area (Å²) in [5.41, 5.74) is 3.03. The molecule has 0 aromatic heterocycles. The van der Waals surface area contributed by atoms with Crippen molar-refractivity contribution >= 4 is 11.8 Å². The summed E-state index contributed by atoms with van der Waals surface area (Å²) in [6.45, 7) is 1.45. The normalized spacial score (nSPS) is 17.6. The van der Waals surface area contributed by atoms with E-state index < -0.39 is 0 Å². The molecule has 5 nitrogen and oxygen atoms in total. The van der Waals surface area contributed by atoms with Crippen molar-refractivity contribution in [2.75, 3.05) is 27.2 Å². The zero-order valence-corrected chi connectivity index (χ0v) is 19.2. The van der Waals surface area contributed by atoms with Crippen molar-refractivity contribution in [2.45, 2.75) is 18.9 Å². The first-order valence-corrected chi connectivity index (χ1v) is 11.3. The average Bonchev–Trinajstić information content (AvgIpc) is 3.30. The van der Waals surface area contributed by atoms with Crippen LogP contribution in [0.3, 0.4) is 0 Å². The van der Waals surface area contributed by atoms with Crippen LogP contribution in [-0.4, -0.2) is 48.9 Å². The third kappa shape index (κ3) is 5.25. The van der Waals surface area contributed by atoms with E-state index in [-0.39, 0.29) is 23.7 Å². The SMILES string of the molecule is COc1ccccc1C1CN(C(=O)Cc2ccccc2)CC1C(=O)N(C)Cc1ccccc1. The van der Waals surface area contributed by atoms with E-state index in [0.29, 0.717) is 26.1 Å². The lowest BCUT2D eigenvalue weighted by molar-refractivity contribution is -0.135. The molecule has 0 spiro atoms. The number of carbonyl (C=O) groups excluding carboxylic acids is 2. The molecule has 170 valence electrons. The van der Waals surface area contributed by atoms with Crippen LogP contribution in [0.5, 0.6) is 5.75 Å². The molecule has 2 unspecified atom stereocenters. The van der Waals surface area contributed by atoms with Gasteiger partial charge in [-0.1, -0.05) is 78.9 Å².